The number of ether oxygens (including phenoxy) is 1. The maximum absolute atomic E-state index is 6.10. The molecule has 0 aromatic heterocycles. The van der Waals surface area contributed by atoms with Gasteiger partial charge in [0.2, 0.25) is 0 Å². The molecule has 2 atom stereocenters. The fourth-order valence-electron chi connectivity index (χ4n) is 4.24. The summed E-state index contributed by atoms with van der Waals surface area (Å²) in [6.07, 6.45) is 2.33. The molecular weight excluding hydrogens is 342 g/mol. The van der Waals surface area contributed by atoms with Crippen molar-refractivity contribution in [1.82, 2.24) is 5.32 Å². The summed E-state index contributed by atoms with van der Waals surface area (Å²) in [5, 5.41) is 3.62. The van der Waals surface area contributed by atoms with Crippen LogP contribution < -0.4 is 10.1 Å². The lowest BCUT2D eigenvalue weighted by molar-refractivity contribution is 0.305. The first kappa shape index (κ1) is 18.8. The van der Waals surface area contributed by atoms with Crippen LogP contribution in [-0.4, -0.2) is 12.6 Å². The Hall–Kier alpha value is -2.58. The Balaban J connectivity index is 1.40. The number of benzene rings is 3. The van der Waals surface area contributed by atoms with Gasteiger partial charge in [0, 0.05) is 6.04 Å². The van der Waals surface area contributed by atoms with Gasteiger partial charge in [-0.15, -0.1) is 0 Å². The Kier molecular flexibility index (Phi) is 5.78. The van der Waals surface area contributed by atoms with Crippen molar-refractivity contribution < 1.29 is 4.74 Å². The van der Waals surface area contributed by atoms with Gasteiger partial charge in [-0.25, -0.2) is 0 Å². The van der Waals surface area contributed by atoms with Gasteiger partial charge in [0.15, 0.2) is 0 Å². The van der Waals surface area contributed by atoms with Crippen molar-refractivity contribution >= 4 is 0 Å². The van der Waals surface area contributed by atoms with Crippen LogP contribution in [0.4, 0.5) is 0 Å². The summed E-state index contributed by atoms with van der Waals surface area (Å²) < 4.78 is 6.10. The van der Waals surface area contributed by atoms with Crippen molar-refractivity contribution in [2.45, 2.75) is 45.3 Å². The van der Waals surface area contributed by atoms with E-state index < -0.39 is 0 Å². The Morgan fingerprint density at radius 2 is 1.68 bits per heavy atom. The molecule has 0 saturated heterocycles. The molecule has 1 aliphatic carbocycles. The molecule has 2 nitrogen and oxygen atoms in total. The Morgan fingerprint density at radius 3 is 2.43 bits per heavy atom. The van der Waals surface area contributed by atoms with Gasteiger partial charge in [-0.3, -0.25) is 0 Å². The minimum absolute atomic E-state index is 0.559. The topological polar surface area (TPSA) is 21.3 Å². The maximum Gasteiger partial charge on any atom is 0.120 e. The summed E-state index contributed by atoms with van der Waals surface area (Å²) in [5.74, 6) is 1.53. The molecule has 0 bridgehead atoms. The summed E-state index contributed by atoms with van der Waals surface area (Å²) in [7, 11) is 0. The van der Waals surface area contributed by atoms with Crippen LogP contribution >= 0.6 is 0 Å². The molecule has 0 heterocycles. The first-order valence-electron chi connectivity index (χ1n) is 10.4. The van der Waals surface area contributed by atoms with E-state index in [1.54, 1.807) is 0 Å². The molecule has 4 rings (SSSR count). The number of hydrogen-bond donors (Lipinski definition) is 1. The van der Waals surface area contributed by atoms with E-state index in [1.165, 1.54) is 34.2 Å². The zero-order valence-corrected chi connectivity index (χ0v) is 16.8. The highest BCUT2D eigenvalue weighted by atomic mass is 16.5. The largest absolute Gasteiger partial charge is 0.489 e. The van der Waals surface area contributed by atoms with Gasteiger partial charge in [-0.05, 0) is 65.3 Å². The van der Waals surface area contributed by atoms with Crippen LogP contribution in [0.1, 0.15) is 42.9 Å². The molecule has 0 saturated carbocycles. The molecule has 0 fully saturated rings. The molecule has 0 amide bonds. The summed E-state index contributed by atoms with van der Waals surface area (Å²) in [4.78, 5) is 0. The number of fused-ring (bicyclic) bond motifs is 1. The van der Waals surface area contributed by atoms with Crippen LogP contribution in [-0.2, 0) is 13.0 Å². The third-order valence-corrected chi connectivity index (χ3v) is 5.87. The lowest BCUT2D eigenvalue weighted by atomic mass is 9.80. The molecule has 2 heteroatoms. The van der Waals surface area contributed by atoms with Gasteiger partial charge in [-0.2, -0.15) is 0 Å². The highest BCUT2D eigenvalue weighted by Gasteiger charge is 2.25. The smallest absolute Gasteiger partial charge is 0.120 e. The predicted molar refractivity (Wildman–Crippen MR) is 117 cm³/mol. The van der Waals surface area contributed by atoms with Crippen LogP contribution in [0.25, 0.3) is 11.1 Å². The molecule has 2 unspecified atom stereocenters. The number of aryl methyl sites for hydroxylation is 1. The van der Waals surface area contributed by atoms with Crippen molar-refractivity contribution in [1.29, 1.82) is 0 Å². The zero-order chi connectivity index (χ0) is 19.3. The van der Waals surface area contributed by atoms with E-state index in [4.69, 9.17) is 4.74 Å². The molecule has 0 spiro atoms. The van der Waals surface area contributed by atoms with Gasteiger partial charge in [0.25, 0.3) is 0 Å². The van der Waals surface area contributed by atoms with E-state index in [1.807, 2.05) is 6.07 Å². The van der Waals surface area contributed by atoms with Gasteiger partial charge < -0.3 is 10.1 Å². The number of hydrogen-bond acceptors (Lipinski definition) is 2. The normalized spacial score (nSPS) is 18.5. The van der Waals surface area contributed by atoms with E-state index in [-0.39, 0.29) is 0 Å². The lowest BCUT2D eigenvalue weighted by Crippen LogP contribution is -2.37. The molecule has 1 aliphatic rings. The fourth-order valence-corrected chi connectivity index (χ4v) is 4.24. The average molecular weight is 372 g/mol. The third-order valence-electron chi connectivity index (χ3n) is 5.87. The molecular formula is C26H29NO. The summed E-state index contributed by atoms with van der Waals surface area (Å²) >= 11 is 0. The first-order valence-corrected chi connectivity index (χ1v) is 10.4. The first-order chi connectivity index (χ1) is 13.7. The number of rotatable bonds is 6. The minimum atomic E-state index is 0.559. The Morgan fingerprint density at radius 1 is 0.929 bits per heavy atom. The molecule has 0 aliphatic heterocycles. The quantitative estimate of drug-likeness (QED) is 0.577. The standard InChI is InChI=1S/C26H29NO/c1-3-27-26-16-13-23-17-24(14-15-25(23)19(26)2)28-18-20-9-11-22(12-10-20)21-7-5-4-6-8-21/h4-12,14-15,17,19,26-27H,3,13,16,18H2,1-2H3. The minimum Gasteiger partial charge on any atom is -0.489 e. The van der Waals surface area contributed by atoms with E-state index in [9.17, 15) is 0 Å². The molecule has 1 N–H and O–H groups in total. The van der Waals surface area contributed by atoms with Crippen LogP contribution in [0.2, 0.25) is 0 Å². The third kappa shape index (κ3) is 4.13. The van der Waals surface area contributed by atoms with E-state index >= 15 is 0 Å². The zero-order valence-electron chi connectivity index (χ0n) is 16.8. The number of nitrogens with one attached hydrogen (secondary N) is 1. The SMILES string of the molecule is CCNC1CCc2cc(OCc3ccc(-c4ccccc4)cc3)ccc2C1C. The van der Waals surface area contributed by atoms with Crippen LogP contribution in [0, 0.1) is 0 Å². The van der Waals surface area contributed by atoms with E-state index in [2.05, 4.69) is 85.9 Å². The van der Waals surface area contributed by atoms with Crippen molar-refractivity contribution in [2.24, 2.45) is 0 Å². The van der Waals surface area contributed by atoms with Crippen molar-refractivity contribution in [2.75, 3.05) is 6.54 Å². The Bertz CT molecular complexity index is 901. The summed E-state index contributed by atoms with van der Waals surface area (Å²) in [5.41, 5.74) is 6.59. The van der Waals surface area contributed by atoms with Crippen LogP contribution in [0.5, 0.6) is 5.75 Å². The highest BCUT2D eigenvalue weighted by molar-refractivity contribution is 5.63. The van der Waals surface area contributed by atoms with Gasteiger partial charge in [0.05, 0.1) is 0 Å². The van der Waals surface area contributed by atoms with E-state index in [0.29, 0.717) is 18.6 Å². The number of likely N-dealkylation sites (N-methyl/N-ethyl adjacent to an activating group) is 1. The Labute approximate surface area is 168 Å². The van der Waals surface area contributed by atoms with Gasteiger partial charge >= 0.3 is 0 Å². The van der Waals surface area contributed by atoms with Crippen LogP contribution in [0.15, 0.2) is 72.8 Å². The monoisotopic (exact) mass is 371 g/mol. The maximum atomic E-state index is 6.10. The summed E-state index contributed by atoms with van der Waals surface area (Å²) in [6.45, 7) is 6.16. The summed E-state index contributed by atoms with van der Waals surface area (Å²) in [6, 6.07) is 26.3. The van der Waals surface area contributed by atoms with Crippen molar-refractivity contribution in [3.8, 4) is 16.9 Å². The molecule has 144 valence electrons. The second-order valence-electron chi connectivity index (χ2n) is 7.70. The predicted octanol–water partition coefficient (Wildman–Crippen LogP) is 5.96. The highest BCUT2D eigenvalue weighted by Crippen LogP contribution is 2.34. The fraction of sp³-hybridized carbons (Fsp3) is 0.308. The molecule has 3 aromatic carbocycles. The molecule has 0 radical (unpaired) electrons. The molecule has 3 aromatic rings. The van der Waals surface area contributed by atoms with Gasteiger partial charge in [-0.1, -0.05) is 74.5 Å². The second-order valence-corrected chi connectivity index (χ2v) is 7.70. The van der Waals surface area contributed by atoms with Crippen molar-refractivity contribution in [3.63, 3.8) is 0 Å². The average Bonchev–Trinajstić information content (AvgIpc) is 2.75. The van der Waals surface area contributed by atoms with Gasteiger partial charge in [0.1, 0.15) is 12.4 Å². The van der Waals surface area contributed by atoms with Crippen LogP contribution in [0.3, 0.4) is 0 Å². The van der Waals surface area contributed by atoms with E-state index in [0.717, 1.165) is 18.7 Å². The van der Waals surface area contributed by atoms with Crippen molar-refractivity contribution in [3.05, 3.63) is 89.5 Å². The second kappa shape index (κ2) is 8.62. The lowest BCUT2D eigenvalue weighted by Gasteiger charge is -2.32. The molecule has 28 heavy (non-hydrogen) atoms.